The van der Waals surface area contributed by atoms with Crippen molar-refractivity contribution < 1.29 is 31.9 Å². The summed E-state index contributed by atoms with van der Waals surface area (Å²) in [6.45, 7) is 0.0630. The van der Waals surface area contributed by atoms with E-state index in [1.807, 2.05) is 12.2 Å². The molecule has 1 aromatic heterocycles. The first-order chi connectivity index (χ1) is 23.5. The molecule has 7 rings (SSSR count). The predicted octanol–water partition coefficient (Wildman–Crippen LogP) is 4.92. The summed E-state index contributed by atoms with van der Waals surface area (Å²) in [5.41, 5.74) is -0.324. The third-order valence-electron chi connectivity index (χ3n) is 9.61. The molecule has 5 atom stereocenters. The van der Waals surface area contributed by atoms with E-state index in [1.165, 1.54) is 28.4 Å². The quantitative estimate of drug-likeness (QED) is 0.291. The minimum absolute atomic E-state index is 0.0630. The fraction of sp³-hybridized carbons (Fsp3) is 0.471. The normalized spacial score (nSPS) is 28.4. The molecule has 2 aromatic carbocycles. The maximum absolute atomic E-state index is 14.4. The number of carbonyl (C=O) groups excluding carboxylic acids is 3. The van der Waals surface area contributed by atoms with E-state index in [4.69, 9.17) is 16.3 Å². The van der Waals surface area contributed by atoms with Gasteiger partial charge in [-0.15, -0.1) is 0 Å². The number of ether oxygens (including phenoxy) is 1. The maximum Gasteiger partial charge on any atom is 0.274 e. The first kappa shape index (κ1) is 33.7. The van der Waals surface area contributed by atoms with E-state index in [2.05, 4.69) is 20.3 Å². The molecule has 2 aliphatic carbocycles. The second kappa shape index (κ2) is 13.5. The lowest BCUT2D eigenvalue weighted by molar-refractivity contribution is -0.140. The molecule has 0 unspecified atom stereocenters. The number of nitrogens with zero attached hydrogens (tertiary/aromatic N) is 2. The standard InChI is InChI=1S/C34H37ClFN5O6S2/c35-21-11-14-26-29(15-21)48-33(38-26)47-24-17-28-30(42)39-34(32(44)40-49(45,46)25-12-13-25)18-20(34)7-4-2-1-3-5-10-27(31(43)41(28)19-24)37-23-9-6-8-22(36)16-23/h4,6-9,11,14-16,20,24-25,27-28,37H,1-3,5,10,12-13,17-19H2,(H,39,42)(H,40,44)/b7-4-/t20-,24+,27-,28-,34+/m0/s1. The number of carbonyl (C=O) groups is 3. The highest BCUT2D eigenvalue weighted by molar-refractivity contribution is 7.91. The monoisotopic (exact) mass is 729 g/mol. The number of nitrogens with one attached hydrogen (secondary N) is 3. The number of thiazole rings is 1. The van der Waals surface area contributed by atoms with E-state index in [0.29, 0.717) is 47.1 Å². The molecule has 2 aliphatic heterocycles. The van der Waals surface area contributed by atoms with Gasteiger partial charge in [-0.2, -0.15) is 0 Å². The van der Waals surface area contributed by atoms with Crippen molar-refractivity contribution in [3.8, 4) is 5.19 Å². The van der Waals surface area contributed by atoms with Gasteiger partial charge in [-0.25, -0.2) is 17.8 Å². The van der Waals surface area contributed by atoms with Crippen LogP contribution in [-0.2, 0) is 24.4 Å². The van der Waals surface area contributed by atoms with Crippen LogP contribution < -0.4 is 20.1 Å². The Morgan fingerprint density at radius 3 is 2.76 bits per heavy atom. The van der Waals surface area contributed by atoms with Gasteiger partial charge in [0, 0.05) is 23.0 Å². The van der Waals surface area contributed by atoms with E-state index >= 15 is 0 Å². The first-order valence-electron chi connectivity index (χ1n) is 16.6. The molecule has 3 fully saturated rings. The Balaban J connectivity index is 1.18. The molecule has 1 saturated heterocycles. The van der Waals surface area contributed by atoms with Crippen molar-refractivity contribution in [1.29, 1.82) is 0 Å². The van der Waals surface area contributed by atoms with Gasteiger partial charge in [0.25, 0.3) is 11.1 Å². The van der Waals surface area contributed by atoms with E-state index in [-0.39, 0.29) is 25.3 Å². The number of allylic oxidation sites excluding steroid dienone is 1. The number of sulfonamides is 1. The van der Waals surface area contributed by atoms with Crippen LogP contribution in [0.1, 0.15) is 57.8 Å². The summed E-state index contributed by atoms with van der Waals surface area (Å²) in [4.78, 5) is 48.2. The summed E-state index contributed by atoms with van der Waals surface area (Å²) in [6, 6.07) is 9.39. The molecule has 260 valence electrons. The predicted molar refractivity (Wildman–Crippen MR) is 184 cm³/mol. The molecule has 4 aliphatic rings. The van der Waals surface area contributed by atoms with Gasteiger partial charge < -0.3 is 20.3 Å². The van der Waals surface area contributed by atoms with Gasteiger partial charge in [-0.1, -0.05) is 54.0 Å². The van der Waals surface area contributed by atoms with Crippen LogP contribution in [0, 0.1) is 11.7 Å². The highest BCUT2D eigenvalue weighted by Crippen LogP contribution is 2.46. The van der Waals surface area contributed by atoms with Gasteiger partial charge in [0.1, 0.15) is 29.5 Å². The molecule has 0 spiro atoms. The number of anilines is 1. The zero-order chi connectivity index (χ0) is 34.3. The van der Waals surface area contributed by atoms with Crippen LogP contribution in [0.15, 0.2) is 54.6 Å². The van der Waals surface area contributed by atoms with Gasteiger partial charge in [0.05, 0.1) is 22.0 Å². The fourth-order valence-electron chi connectivity index (χ4n) is 6.70. The van der Waals surface area contributed by atoms with Crippen molar-refractivity contribution >= 4 is 66.6 Å². The van der Waals surface area contributed by atoms with Crippen LogP contribution in [0.25, 0.3) is 10.2 Å². The third-order valence-corrected chi connectivity index (χ3v) is 12.6. The van der Waals surface area contributed by atoms with E-state index < -0.39 is 62.5 Å². The highest BCUT2D eigenvalue weighted by Gasteiger charge is 2.62. The smallest absolute Gasteiger partial charge is 0.274 e. The Morgan fingerprint density at radius 1 is 1.12 bits per heavy atom. The molecule has 15 heteroatoms. The molecule has 3 amide bonds. The van der Waals surface area contributed by atoms with E-state index in [0.717, 1.165) is 24.0 Å². The summed E-state index contributed by atoms with van der Waals surface area (Å²) in [7, 11) is -3.86. The Kier molecular flexibility index (Phi) is 9.31. The molecule has 0 radical (unpaired) electrons. The van der Waals surface area contributed by atoms with E-state index in [9.17, 15) is 27.2 Å². The topological polar surface area (TPSA) is 147 Å². The largest absolute Gasteiger partial charge is 0.465 e. The number of halogens is 2. The second-order valence-electron chi connectivity index (χ2n) is 13.3. The summed E-state index contributed by atoms with van der Waals surface area (Å²) >= 11 is 7.46. The summed E-state index contributed by atoms with van der Waals surface area (Å²) in [5.74, 6) is -2.55. The van der Waals surface area contributed by atoms with Crippen molar-refractivity contribution in [2.45, 2.75) is 86.8 Å². The lowest BCUT2D eigenvalue weighted by atomic mass is 10.0. The molecule has 11 nitrogen and oxygen atoms in total. The van der Waals surface area contributed by atoms with Crippen molar-refractivity contribution in [2.75, 3.05) is 11.9 Å². The second-order valence-corrected chi connectivity index (χ2v) is 16.7. The van der Waals surface area contributed by atoms with E-state index in [1.54, 1.807) is 30.3 Å². The van der Waals surface area contributed by atoms with Crippen LogP contribution >= 0.6 is 22.9 Å². The van der Waals surface area contributed by atoms with Crippen molar-refractivity contribution in [1.82, 2.24) is 19.9 Å². The minimum Gasteiger partial charge on any atom is -0.465 e. The summed E-state index contributed by atoms with van der Waals surface area (Å²) in [6.07, 6.45) is 8.08. The van der Waals surface area contributed by atoms with Crippen molar-refractivity contribution in [3.05, 3.63) is 65.5 Å². The maximum atomic E-state index is 14.4. The SMILES string of the molecule is O=C1N[C@]2(C(=O)NS(=O)(=O)C3CC3)C[C@@H]2/C=C\CCCCC[C@H](Nc2cccc(F)c2)C(=O)N2C[C@H](Oc3nc4ccc(Cl)cc4s3)C[C@@H]12. The molecular weight excluding hydrogens is 693 g/mol. The lowest BCUT2D eigenvalue weighted by Gasteiger charge is -2.30. The average Bonchev–Trinajstić information content (AvgIpc) is 3.95. The lowest BCUT2D eigenvalue weighted by Crippen LogP contribution is -2.57. The molecule has 3 N–H and O–H groups in total. The minimum atomic E-state index is -3.86. The first-order valence-corrected chi connectivity index (χ1v) is 19.3. The zero-order valence-corrected chi connectivity index (χ0v) is 29.0. The third kappa shape index (κ3) is 7.41. The van der Waals surface area contributed by atoms with Crippen LogP contribution in [-0.4, -0.2) is 71.5 Å². The molecule has 3 heterocycles. The van der Waals surface area contributed by atoms with Gasteiger partial charge in [-0.05, 0) is 74.9 Å². The fourth-order valence-corrected chi connectivity index (χ4v) is 9.22. The Labute approximate surface area is 292 Å². The molecule has 49 heavy (non-hydrogen) atoms. The molecule has 0 bridgehead atoms. The highest BCUT2D eigenvalue weighted by atomic mass is 35.5. The van der Waals surface area contributed by atoms with Gasteiger partial charge in [0.15, 0.2) is 0 Å². The Bertz CT molecular complexity index is 1920. The van der Waals surface area contributed by atoms with Crippen molar-refractivity contribution in [3.63, 3.8) is 0 Å². The zero-order valence-electron chi connectivity index (χ0n) is 26.6. The van der Waals surface area contributed by atoms with Gasteiger partial charge >= 0.3 is 0 Å². The van der Waals surface area contributed by atoms with Crippen LogP contribution in [0.4, 0.5) is 10.1 Å². The molecule has 3 aromatic rings. The molecule has 2 saturated carbocycles. The number of hydrogen-bond donors (Lipinski definition) is 3. The molecular formula is C34H37ClFN5O6S2. The van der Waals surface area contributed by atoms with Crippen LogP contribution in [0.3, 0.4) is 0 Å². The Hall–Kier alpha value is -3.75. The number of hydrogen-bond acceptors (Lipinski definition) is 9. The number of rotatable bonds is 7. The summed E-state index contributed by atoms with van der Waals surface area (Å²) < 4.78 is 48.9. The number of benzene rings is 2. The average molecular weight is 730 g/mol. The van der Waals surface area contributed by atoms with Crippen molar-refractivity contribution in [2.24, 2.45) is 5.92 Å². The van der Waals surface area contributed by atoms with Crippen LogP contribution in [0.2, 0.25) is 5.02 Å². The van der Waals surface area contributed by atoms with Gasteiger partial charge in [0.2, 0.25) is 21.8 Å². The number of aromatic nitrogens is 1. The Morgan fingerprint density at radius 2 is 1.96 bits per heavy atom. The number of fused-ring (bicyclic) bond motifs is 3. The summed E-state index contributed by atoms with van der Waals surface area (Å²) in [5, 5.41) is 6.38. The number of amides is 3. The van der Waals surface area contributed by atoms with Gasteiger partial charge in [-0.3, -0.25) is 19.1 Å². The van der Waals surface area contributed by atoms with Crippen LogP contribution in [0.5, 0.6) is 5.19 Å².